The Kier molecular flexibility index (Phi) is 4.40. The van der Waals surface area contributed by atoms with Gasteiger partial charge in [-0.1, -0.05) is 31.9 Å². The highest BCUT2D eigenvalue weighted by atomic mass is 35.5. The van der Waals surface area contributed by atoms with Gasteiger partial charge in [-0.15, -0.1) is 0 Å². The molecule has 0 radical (unpaired) electrons. The molecule has 15 heavy (non-hydrogen) atoms. The molecule has 2 atom stereocenters. The summed E-state index contributed by atoms with van der Waals surface area (Å²) in [4.78, 5) is 0. The molecule has 0 saturated carbocycles. The van der Waals surface area contributed by atoms with Crippen molar-refractivity contribution in [3.63, 3.8) is 0 Å². The molecule has 1 N–H and O–H groups in total. The predicted octanol–water partition coefficient (Wildman–Crippen LogP) is 4.33. The van der Waals surface area contributed by atoms with Gasteiger partial charge >= 0.3 is 0 Å². The van der Waals surface area contributed by atoms with E-state index in [1.807, 2.05) is 0 Å². The van der Waals surface area contributed by atoms with Gasteiger partial charge in [-0.3, -0.25) is 0 Å². The van der Waals surface area contributed by atoms with E-state index in [2.05, 4.69) is 26.1 Å². The molecular formula is C12H17ClFN. The van der Waals surface area contributed by atoms with Crippen molar-refractivity contribution in [1.29, 1.82) is 0 Å². The average Bonchev–Trinajstić information content (AvgIpc) is 2.20. The van der Waals surface area contributed by atoms with Gasteiger partial charge in [0.2, 0.25) is 0 Å². The fourth-order valence-electron chi connectivity index (χ4n) is 1.35. The molecule has 0 heterocycles. The maximum atomic E-state index is 12.8. The van der Waals surface area contributed by atoms with E-state index in [4.69, 9.17) is 11.6 Å². The van der Waals surface area contributed by atoms with Crippen LogP contribution in [-0.2, 0) is 0 Å². The standard InChI is InChI=1S/C12H17ClFN/c1-4-8(2)9(3)15-12-6-5-10(14)7-11(12)13/h5-9,15H,4H2,1-3H3. The number of anilines is 1. The highest BCUT2D eigenvalue weighted by molar-refractivity contribution is 6.33. The molecule has 1 aromatic rings. The van der Waals surface area contributed by atoms with Crippen LogP contribution >= 0.6 is 11.6 Å². The number of hydrogen-bond acceptors (Lipinski definition) is 1. The largest absolute Gasteiger partial charge is 0.381 e. The first kappa shape index (κ1) is 12.3. The van der Waals surface area contributed by atoms with Crippen molar-refractivity contribution in [2.24, 2.45) is 5.92 Å². The maximum absolute atomic E-state index is 12.8. The SMILES string of the molecule is CCC(C)C(C)Nc1ccc(F)cc1Cl. The molecule has 0 saturated heterocycles. The molecule has 84 valence electrons. The summed E-state index contributed by atoms with van der Waals surface area (Å²) in [6.45, 7) is 6.43. The summed E-state index contributed by atoms with van der Waals surface area (Å²) in [6, 6.07) is 4.75. The molecule has 0 amide bonds. The van der Waals surface area contributed by atoms with Crippen molar-refractivity contribution >= 4 is 17.3 Å². The van der Waals surface area contributed by atoms with Crippen molar-refractivity contribution in [3.8, 4) is 0 Å². The average molecular weight is 230 g/mol. The third-order valence-corrected chi connectivity index (χ3v) is 3.12. The zero-order valence-corrected chi connectivity index (χ0v) is 10.1. The van der Waals surface area contributed by atoms with Gasteiger partial charge in [0, 0.05) is 6.04 Å². The summed E-state index contributed by atoms with van der Waals surface area (Å²) in [5.41, 5.74) is 0.797. The van der Waals surface area contributed by atoms with Gasteiger partial charge in [0.05, 0.1) is 10.7 Å². The summed E-state index contributed by atoms with van der Waals surface area (Å²) >= 11 is 5.92. The van der Waals surface area contributed by atoms with E-state index in [1.165, 1.54) is 12.1 Å². The van der Waals surface area contributed by atoms with Crippen molar-refractivity contribution in [3.05, 3.63) is 29.0 Å². The lowest BCUT2D eigenvalue weighted by Gasteiger charge is -2.21. The fraction of sp³-hybridized carbons (Fsp3) is 0.500. The first-order valence-electron chi connectivity index (χ1n) is 5.26. The van der Waals surface area contributed by atoms with Crippen molar-refractivity contribution in [2.75, 3.05) is 5.32 Å². The summed E-state index contributed by atoms with van der Waals surface area (Å²) in [5.74, 6) is 0.257. The van der Waals surface area contributed by atoms with Crippen LogP contribution in [0.4, 0.5) is 10.1 Å². The lowest BCUT2D eigenvalue weighted by Crippen LogP contribution is -2.23. The summed E-state index contributed by atoms with van der Waals surface area (Å²) in [5, 5.41) is 3.72. The molecule has 0 bridgehead atoms. The Morgan fingerprint density at radius 1 is 1.40 bits per heavy atom. The molecule has 0 aliphatic carbocycles. The zero-order chi connectivity index (χ0) is 11.4. The van der Waals surface area contributed by atoms with Gasteiger partial charge in [0.1, 0.15) is 5.82 Å². The molecule has 3 heteroatoms. The Morgan fingerprint density at radius 3 is 2.60 bits per heavy atom. The van der Waals surface area contributed by atoms with E-state index in [-0.39, 0.29) is 5.82 Å². The highest BCUT2D eigenvalue weighted by Crippen LogP contribution is 2.24. The van der Waals surface area contributed by atoms with E-state index in [9.17, 15) is 4.39 Å². The highest BCUT2D eigenvalue weighted by Gasteiger charge is 2.11. The van der Waals surface area contributed by atoms with Crippen LogP contribution in [0.5, 0.6) is 0 Å². The zero-order valence-electron chi connectivity index (χ0n) is 9.35. The lowest BCUT2D eigenvalue weighted by molar-refractivity contribution is 0.494. The Hall–Kier alpha value is -0.760. The molecule has 0 fully saturated rings. The minimum Gasteiger partial charge on any atom is -0.381 e. The Labute approximate surface area is 95.6 Å². The molecule has 0 aliphatic rings. The van der Waals surface area contributed by atoms with E-state index >= 15 is 0 Å². The predicted molar refractivity (Wildman–Crippen MR) is 63.9 cm³/mol. The molecule has 2 unspecified atom stereocenters. The van der Waals surface area contributed by atoms with Crippen LogP contribution in [0.3, 0.4) is 0 Å². The van der Waals surface area contributed by atoms with E-state index < -0.39 is 0 Å². The number of nitrogens with one attached hydrogen (secondary N) is 1. The monoisotopic (exact) mass is 229 g/mol. The molecule has 1 rings (SSSR count). The van der Waals surface area contributed by atoms with E-state index in [1.54, 1.807) is 6.07 Å². The van der Waals surface area contributed by atoms with Gasteiger partial charge in [-0.25, -0.2) is 4.39 Å². The number of halogens is 2. The second-order valence-electron chi connectivity index (χ2n) is 3.94. The quantitative estimate of drug-likeness (QED) is 0.811. The second kappa shape index (κ2) is 5.36. The minimum absolute atomic E-state index is 0.304. The third kappa shape index (κ3) is 3.38. The van der Waals surface area contributed by atoms with Crippen LogP contribution in [0.1, 0.15) is 27.2 Å². The minimum atomic E-state index is -0.304. The molecule has 1 nitrogen and oxygen atoms in total. The molecular weight excluding hydrogens is 213 g/mol. The van der Waals surface area contributed by atoms with Crippen LogP contribution in [0, 0.1) is 11.7 Å². The molecule has 1 aromatic carbocycles. The van der Waals surface area contributed by atoms with Crippen LogP contribution in [0.15, 0.2) is 18.2 Å². The summed E-state index contributed by atoms with van der Waals surface area (Å²) in [7, 11) is 0. The Bertz CT molecular complexity index is 327. The normalized spacial score (nSPS) is 14.7. The van der Waals surface area contributed by atoms with Crippen molar-refractivity contribution < 1.29 is 4.39 Å². The Balaban J connectivity index is 2.72. The van der Waals surface area contributed by atoms with Crippen LogP contribution < -0.4 is 5.32 Å². The van der Waals surface area contributed by atoms with Gasteiger partial charge in [0.25, 0.3) is 0 Å². The van der Waals surface area contributed by atoms with Gasteiger partial charge in [-0.2, -0.15) is 0 Å². The topological polar surface area (TPSA) is 12.0 Å². The molecule has 0 aliphatic heterocycles. The first-order valence-corrected chi connectivity index (χ1v) is 5.64. The molecule has 0 spiro atoms. The molecule has 0 aromatic heterocycles. The van der Waals surface area contributed by atoms with Crippen molar-refractivity contribution in [2.45, 2.75) is 33.2 Å². The van der Waals surface area contributed by atoms with Gasteiger partial charge < -0.3 is 5.32 Å². The van der Waals surface area contributed by atoms with E-state index in [0.717, 1.165) is 12.1 Å². The summed E-state index contributed by atoms with van der Waals surface area (Å²) < 4.78 is 12.8. The lowest BCUT2D eigenvalue weighted by atomic mass is 10.0. The van der Waals surface area contributed by atoms with Gasteiger partial charge in [-0.05, 0) is 31.0 Å². The third-order valence-electron chi connectivity index (χ3n) is 2.81. The fourth-order valence-corrected chi connectivity index (χ4v) is 1.57. The van der Waals surface area contributed by atoms with Crippen LogP contribution in [0.25, 0.3) is 0 Å². The summed E-state index contributed by atoms with van der Waals surface area (Å²) in [6.07, 6.45) is 1.10. The smallest absolute Gasteiger partial charge is 0.124 e. The first-order chi connectivity index (χ1) is 7.04. The van der Waals surface area contributed by atoms with E-state index in [0.29, 0.717) is 17.0 Å². The van der Waals surface area contributed by atoms with Crippen LogP contribution in [-0.4, -0.2) is 6.04 Å². The maximum Gasteiger partial charge on any atom is 0.124 e. The second-order valence-corrected chi connectivity index (χ2v) is 4.35. The van der Waals surface area contributed by atoms with Gasteiger partial charge in [0.15, 0.2) is 0 Å². The Morgan fingerprint density at radius 2 is 2.07 bits per heavy atom. The van der Waals surface area contributed by atoms with Crippen molar-refractivity contribution in [1.82, 2.24) is 0 Å². The van der Waals surface area contributed by atoms with Crippen LogP contribution in [0.2, 0.25) is 5.02 Å². The number of rotatable bonds is 4. The number of benzene rings is 1. The number of hydrogen-bond donors (Lipinski definition) is 1.